The van der Waals surface area contributed by atoms with Gasteiger partial charge in [0.2, 0.25) is 0 Å². The van der Waals surface area contributed by atoms with Gasteiger partial charge < -0.3 is 23.9 Å². The zero-order chi connectivity index (χ0) is 22.6. The molecule has 2 aromatic heterocycles. The number of hydrogen-bond acceptors (Lipinski definition) is 6. The summed E-state index contributed by atoms with van der Waals surface area (Å²) in [4.78, 5) is 27.2. The van der Waals surface area contributed by atoms with Crippen LogP contribution in [0.1, 0.15) is 23.4 Å². The third-order valence-electron chi connectivity index (χ3n) is 4.76. The Labute approximate surface area is 173 Å². The van der Waals surface area contributed by atoms with Crippen LogP contribution < -0.4 is 4.74 Å². The predicted octanol–water partition coefficient (Wildman–Crippen LogP) is 2.90. The first-order valence-electron chi connectivity index (χ1n) is 9.22. The number of nitrogens with zero attached hydrogens (tertiary/aromatic N) is 2. The zero-order valence-electron chi connectivity index (χ0n) is 15.9. The van der Waals surface area contributed by atoms with Gasteiger partial charge in [-0.3, -0.25) is 4.79 Å². The van der Waals surface area contributed by atoms with Gasteiger partial charge in [-0.15, -0.1) is 0 Å². The molecule has 4 rings (SSSR count). The number of carbonyl (C=O) groups excluding carboxylic acids is 1. The summed E-state index contributed by atoms with van der Waals surface area (Å²) in [7, 11) is 0. The van der Waals surface area contributed by atoms with Crippen molar-refractivity contribution in [2.75, 3.05) is 13.2 Å². The highest BCUT2D eigenvalue weighted by Crippen LogP contribution is 2.33. The summed E-state index contributed by atoms with van der Waals surface area (Å²) < 4.78 is 62.5. The number of carboxylic acid groups (broad SMARTS) is 1. The van der Waals surface area contributed by atoms with Crippen LogP contribution in [0.15, 0.2) is 41.1 Å². The van der Waals surface area contributed by atoms with E-state index in [0.717, 1.165) is 12.8 Å². The van der Waals surface area contributed by atoms with Gasteiger partial charge in [0.25, 0.3) is 11.8 Å². The Morgan fingerprint density at radius 1 is 1.23 bits per heavy atom. The molecule has 1 aliphatic heterocycles. The summed E-state index contributed by atoms with van der Waals surface area (Å²) >= 11 is 0. The van der Waals surface area contributed by atoms with Gasteiger partial charge in [0, 0.05) is 12.7 Å². The van der Waals surface area contributed by atoms with Crippen molar-refractivity contribution < 1.29 is 46.1 Å². The van der Waals surface area contributed by atoms with Gasteiger partial charge in [0.15, 0.2) is 11.6 Å². The zero-order valence-corrected chi connectivity index (χ0v) is 15.9. The molecule has 2 aromatic rings. The minimum Gasteiger partial charge on any atom is -0.475 e. The van der Waals surface area contributed by atoms with Crippen molar-refractivity contribution in [3.63, 3.8) is 0 Å². The summed E-state index contributed by atoms with van der Waals surface area (Å²) in [6, 6.07) is 5.92. The van der Waals surface area contributed by atoms with Gasteiger partial charge in [-0.25, -0.2) is 14.2 Å². The van der Waals surface area contributed by atoms with Gasteiger partial charge in [-0.2, -0.15) is 13.2 Å². The number of hydrogen-bond donors (Lipinski definition) is 1. The lowest BCUT2D eigenvalue weighted by Gasteiger charge is -2.30. The molecule has 2 bridgehead atoms. The number of fused-ring (bicyclic) bond motifs is 2. The smallest absolute Gasteiger partial charge is 0.475 e. The molecule has 0 radical (unpaired) electrons. The molecule has 2 fully saturated rings. The van der Waals surface area contributed by atoms with E-state index < -0.39 is 24.1 Å². The van der Waals surface area contributed by atoms with Gasteiger partial charge in [-0.05, 0) is 37.1 Å². The van der Waals surface area contributed by atoms with Crippen molar-refractivity contribution in [3.8, 4) is 5.88 Å². The molecule has 12 heteroatoms. The second-order valence-electron chi connectivity index (χ2n) is 6.71. The third-order valence-corrected chi connectivity index (χ3v) is 4.76. The van der Waals surface area contributed by atoms with E-state index in [9.17, 15) is 22.4 Å². The summed E-state index contributed by atoms with van der Waals surface area (Å²) in [6.07, 6.45) is -1.27. The number of rotatable bonds is 3. The summed E-state index contributed by atoms with van der Waals surface area (Å²) in [5.74, 6) is -3.26. The van der Waals surface area contributed by atoms with Crippen LogP contribution in [0.25, 0.3) is 0 Å². The summed E-state index contributed by atoms with van der Waals surface area (Å²) in [5, 5.41) is 7.12. The fraction of sp³-hybridized carbons (Fsp3) is 0.421. The fourth-order valence-electron chi connectivity index (χ4n) is 3.43. The Morgan fingerprint density at radius 3 is 2.58 bits per heavy atom. The Kier molecular flexibility index (Phi) is 6.78. The van der Waals surface area contributed by atoms with Crippen LogP contribution in [-0.4, -0.2) is 64.4 Å². The Hall–Kier alpha value is -3.15. The lowest BCUT2D eigenvalue weighted by molar-refractivity contribution is -0.192. The fourth-order valence-corrected chi connectivity index (χ4v) is 3.43. The van der Waals surface area contributed by atoms with Crippen molar-refractivity contribution in [1.29, 1.82) is 0 Å². The lowest BCUT2D eigenvalue weighted by atomic mass is 10.1. The maximum atomic E-state index is 13.9. The van der Waals surface area contributed by atoms with Gasteiger partial charge in [0.1, 0.15) is 6.10 Å². The molecule has 1 saturated heterocycles. The van der Waals surface area contributed by atoms with E-state index in [-0.39, 0.29) is 29.7 Å². The molecule has 0 aromatic carbocycles. The topological polar surface area (TPSA) is 102 Å². The quantitative estimate of drug-likeness (QED) is 0.724. The van der Waals surface area contributed by atoms with Crippen molar-refractivity contribution in [2.45, 2.75) is 37.3 Å². The first-order chi connectivity index (χ1) is 14.7. The first-order valence-corrected chi connectivity index (χ1v) is 9.22. The van der Waals surface area contributed by atoms with Crippen LogP contribution in [0.5, 0.6) is 5.88 Å². The molecule has 3 heterocycles. The van der Waals surface area contributed by atoms with Crippen LogP contribution in [0.3, 0.4) is 0 Å². The van der Waals surface area contributed by atoms with E-state index in [0.29, 0.717) is 13.2 Å². The maximum absolute atomic E-state index is 13.9. The van der Waals surface area contributed by atoms with E-state index in [4.69, 9.17) is 23.8 Å². The average Bonchev–Trinajstić information content (AvgIpc) is 3.32. The van der Waals surface area contributed by atoms with Crippen molar-refractivity contribution in [1.82, 2.24) is 9.88 Å². The van der Waals surface area contributed by atoms with Gasteiger partial charge in [0.05, 0.1) is 25.0 Å². The highest BCUT2D eigenvalue weighted by atomic mass is 19.4. The number of aromatic nitrogens is 1. The minimum atomic E-state index is -5.08. The number of halogens is 4. The SMILES string of the molecule is O=C(O)C(F)(F)F.O=C(c1ccco1)N1CCOC2CCC1C2Oc1ncccc1F. The Morgan fingerprint density at radius 2 is 1.97 bits per heavy atom. The number of carboxylic acids is 1. The number of ether oxygens (including phenoxy) is 2. The van der Waals surface area contributed by atoms with E-state index >= 15 is 0 Å². The highest BCUT2D eigenvalue weighted by molar-refractivity contribution is 5.91. The van der Waals surface area contributed by atoms with Crippen LogP contribution in [0, 0.1) is 5.82 Å². The van der Waals surface area contributed by atoms with Crippen LogP contribution >= 0.6 is 0 Å². The Balaban J connectivity index is 0.000000339. The molecule has 168 valence electrons. The van der Waals surface area contributed by atoms with Crippen molar-refractivity contribution in [2.24, 2.45) is 0 Å². The molecule has 1 N–H and O–H groups in total. The standard InChI is InChI=1S/C17H17FN2O4.C2HF3O2/c18-11-3-1-7-19-16(11)24-15-12-5-6-13(15)23-10-8-20(12)17(21)14-4-2-9-22-14;3-2(4,5)1(6)7/h1-4,7,9,12-13,15H,5-6,8,10H2;(H,6,7). The second kappa shape index (κ2) is 9.33. The monoisotopic (exact) mass is 446 g/mol. The van der Waals surface area contributed by atoms with Crippen molar-refractivity contribution in [3.05, 3.63) is 48.3 Å². The lowest BCUT2D eigenvalue weighted by Crippen LogP contribution is -2.47. The van der Waals surface area contributed by atoms with Crippen molar-refractivity contribution >= 4 is 11.9 Å². The van der Waals surface area contributed by atoms with Crippen LogP contribution in [-0.2, 0) is 9.53 Å². The molecule has 1 aliphatic carbocycles. The molecule has 3 unspecified atom stereocenters. The molecular weight excluding hydrogens is 428 g/mol. The first kappa shape index (κ1) is 22.5. The van der Waals surface area contributed by atoms with Gasteiger partial charge >= 0.3 is 12.1 Å². The molecule has 3 atom stereocenters. The molecule has 1 amide bonds. The van der Waals surface area contributed by atoms with E-state index in [1.54, 1.807) is 17.0 Å². The van der Waals surface area contributed by atoms with E-state index in [1.807, 2.05) is 0 Å². The number of amides is 1. The minimum absolute atomic E-state index is 0.0599. The molecule has 31 heavy (non-hydrogen) atoms. The summed E-state index contributed by atoms with van der Waals surface area (Å²) in [5.41, 5.74) is 0. The Bertz CT molecular complexity index is 905. The number of pyridine rings is 1. The molecule has 2 aliphatic rings. The molecular formula is C19H18F4N2O6. The molecule has 8 nitrogen and oxygen atoms in total. The second-order valence-corrected chi connectivity index (χ2v) is 6.71. The maximum Gasteiger partial charge on any atom is 0.490 e. The largest absolute Gasteiger partial charge is 0.490 e. The third kappa shape index (κ3) is 5.32. The van der Waals surface area contributed by atoms with Crippen LogP contribution in [0.4, 0.5) is 17.6 Å². The molecule has 1 saturated carbocycles. The normalized spacial score (nSPS) is 22.8. The van der Waals surface area contributed by atoms with E-state index in [1.165, 1.54) is 24.6 Å². The number of aliphatic carboxylic acids is 1. The number of carbonyl (C=O) groups is 2. The highest BCUT2D eigenvalue weighted by Gasteiger charge is 2.46. The number of furan rings is 1. The average molecular weight is 446 g/mol. The predicted molar refractivity (Wildman–Crippen MR) is 94.8 cm³/mol. The molecule has 0 spiro atoms. The number of alkyl halides is 3. The summed E-state index contributed by atoms with van der Waals surface area (Å²) in [6.45, 7) is 0.865. The van der Waals surface area contributed by atoms with Gasteiger partial charge in [-0.1, -0.05) is 0 Å². The van der Waals surface area contributed by atoms with E-state index in [2.05, 4.69) is 4.98 Å². The van der Waals surface area contributed by atoms with Crippen LogP contribution in [0.2, 0.25) is 0 Å².